The molecule has 1 aliphatic heterocycles. The standard InChI is InChI=1S/C22H27N.ClH/c1-2-8-19(9-3-1)18-23-16-14-22(15-17-23)13-7-6-11-20-10-4-5-12-21(20)22;/h1-5,8-10,12H,6-7,11,13-18H2;1H. The summed E-state index contributed by atoms with van der Waals surface area (Å²) in [5.74, 6) is 0. The Labute approximate surface area is 152 Å². The van der Waals surface area contributed by atoms with Crippen molar-refractivity contribution in [1.29, 1.82) is 0 Å². The zero-order chi connectivity index (χ0) is 15.5. The lowest BCUT2D eigenvalue weighted by Gasteiger charge is -2.42. The number of benzene rings is 2. The molecule has 0 aromatic heterocycles. The summed E-state index contributed by atoms with van der Waals surface area (Å²) in [6.07, 6.45) is 8.10. The molecular weight excluding hydrogens is 314 g/mol. The molecule has 1 spiro atoms. The lowest BCUT2D eigenvalue weighted by atomic mass is 9.69. The van der Waals surface area contributed by atoms with Gasteiger partial charge in [-0.1, -0.05) is 61.0 Å². The number of piperidine rings is 1. The van der Waals surface area contributed by atoms with E-state index in [1.807, 2.05) is 0 Å². The molecule has 2 heteroatoms. The van der Waals surface area contributed by atoms with E-state index in [4.69, 9.17) is 0 Å². The molecular formula is C22H28ClN. The first-order chi connectivity index (χ1) is 11.4. The first-order valence-electron chi connectivity index (χ1n) is 9.20. The van der Waals surface area contributed by atoms with Crippen molar-refractivity contribution in [3.63, 3.8) is 0 Å². The average Bonchev–Trinajstić information content (AvgIpc) is 2.79. The third-order valence-electron chi connectivity index (χ3n) is 6.00. The van der Waals surface area contributed by atoms with Crippen LogP contribution < -0.4 is 0 Å². The summed E-state index contributed by atoms with van der Waals surface area (Å²) in [6.45, 7) is 3.59. The molecule has 1 saturated heterocycles. The van der Waals surface area contributed by atoms with Crippen LogP contribution in [0.3, 0.4) is 0 Å². The third kappa shape index (κ3) is 3.53. The van der Waals surface area contributed by atoms with Gasteiger partial charge in [-0.3, -0.25) is 4.90 Å². The van der Waals surface area contributed by atoms with Crippen LogP contribution in [0.2, 0.25) is 0 Å². The van der Waals surface area contributed by atoms with E-state index in [1.165, 1.54) is 57.2 Å². The molecule has 0 amide bonds. The Morgan fingerprint density at radius 2 is 1.50 bits per heavy atom. The summed E-state index contributed by atoms with van der Waals surface area (Å²) in [7, 11) is 0. The maximum atomic E-state index is 2.65. The molecule has 0 saturated carbocycles. The van der Waals surface area contributed by atoms with Crippen molar-refractivity contribution in [2.75, 3.05) is 13.1 Å². The van der Waals surface area contributed by atoms with E-state index in [0.29, 0.717) is 5.41 Å². The Morgan fingerprint density at radius 3 is 2.29 bits per heavy atom. The molecule has 2 aromatic carbocycles. The first kappa shape index (κ1) is 17.5. The molecule has 0 N–H and O–H groups in total. The number of hydrogen-bond acceptors (Lipinski definition) is 1. The molecule has 1 heterocycles. The van der Waals surface area contributed by atoms with Crippen LogP contribution >= 0.6 is 12.4 Å². The number of likely N-dealkylation sites (tertiary alicyclic amines) is 1. The third-order valence-corrected chi connectivity index (χ3v) is 6.00. The second-order valence-electron chi connectivity index (χ2n) is 7.41. The van der Waals surface area contributed by atoms with Crippen LogP contribution in [0.1, 0.15) is 48.8 Å². The Balaban J connectivity index is 0.00000169. The second-order valence-corrected chi connectivity index (χ2v) is 7.41. The summed E-state index contributed by atoms with van der Waals surface area (Å²) >= 11 is 0. The number of hydrogen-bond donors (Lipinski definition) is 0. The van der Waals surface area contributed by atoms with E-state index in [9.17, 15) is 0 Å². The van der Waals surface area contributed by atoms with E-state index in [-0.39, 0.29) is 12.4 Å². The lowest BCUT2D eigenvalue weighted by Crippen LogP contribution is -2.42. The highest BCUT2D eigenvalue weighted by Gasteiger charge is 2.37. The SMILES string of the molecule is Cl.c1ccc(CN2CCC3(CCCCc4ccccc43)CC2)cc1. The van der Waals surface area contributed by atoms with Crippen molar-refractivity contribution in [2.45, 2.75) is 50.5 Å². The van der Waals surface area contributed by atoms with Gasteiger partial charge in [0.05, 0.1) is 0 Å². The smallest absolute Gasteiger partial charge is 0.0233 e. The lowest BCUT2D eigenvalue weighted by molar-refractivity contribution is 0.145. The van der Waals surface area contributed by atoms with Gasteiger partial charge < -0.3 is 0 Å². The van der Waals surface area contributed by atoms with Crippen LogP contribution in [0.5, 0.6) is 0 Å². The highest BCUT2D eigenvalue weighted by atomic mass is 35.5. The van der Waals surface area contributed by atoms with E-state index >= 15 is 0 Å². The largest absolute Gasteiger partial charge is 0.299 e. The van der Waals surface area contributed by atoms with E-state index in [2.05, 4.69) is 59.5 Å². The van der Waals surface area contributed by atoms with Gasteiger partial charge in [-0.2, -0.15) is 0 Å². The molecule has 2 aromatic rings. The van der Waals surface area contributed by atoms with Gasteiger partial charge in [0.1, 0.15) is 0 Å². The Bertz CT molecular complexity index is 644. The van der Waals surface area contributed by atoms with Crippen LogP contribution in [-0.4, -0.2) is 18.0 Å². The van der Waals surface area contributed by atoms with Crippen molar-refractivity contribution < 1.29 is 0 Å². The maximum Gasteiger partial charge on any atom is 0.0233 e. The zero-order valence-corrected chi connectivity index (χ0v) is 15.2. The highest BCUT2D eigenvalue weighted by molar-refractivity contribution is 5.85. The molecule has 0 atom stereocenters. The summed E-state index contributed by atoms with van der Waals surface area (Å²) in [4.78, 5) is 2.65. The van der Waals surface area contributed by atoms with Crippen molar-refractivity contribution in [3.05, 3.63) is 71.3 Å². The Morgan fingerprint density at radius 1 is 0.792 bits per heavy atom. The minimum Gasteiger partial charge on any atom is -0.299 e. The van der Waals surface area contributed by atoms with Gasteiger partial charge in [0.25, 0.3) is 0 Å². The van der Waals surface area contributed by atoms with Gasteiger partial charge in [0.2, 0.25) is 0 Å². The van der Waals surface area contributed by atoms with Crippen molar-refractivity contribution in [2.24, 2.45) is 0 Å². The molecule has 1 aliphatic carbocycles. The normalized spacial score (nSPS) is 20.0. The first-order valence-corrected chi connectivity index (χ1v) is 9.20. The fraction of sp³-hybridized carbons (Fsp3) is 0.455. The number of nitrogens with zero attached hydrogens (tertiary/aromatic N) is 1. The predicted molar refractivity (Wildman–Crippen MR) is 104 cm³/mol. The number of aryl methyl sites for hydroxylation is 1. The minimum absolute atomic E-state index is 0. The van der Waals surface area contributed by atoms with Crippen molar-refractivity contribution in [3.8, 4) is 0 Å². The van der Waals surface area contributed by atoms with Gasteiger partial charge in [0.15, 0.2) is 0 Å². The molecule has 1 fully saturated rings. The van der Waals surface area contributed by atoms with Crippen molar-refractivity contribution in [1.82, 2.24) is 4.90 Å². The number of rotatable bonds is 2. The fourth-order valence-corrected chi connectivity index (χ4v) is 4.67. The van der Waals surface area contributed by atoms with E-state index in [1.54, 1.807) is 11.1 Å². The van der Waals surface area contributed by atoms with Crippen molar-refractivity contribution >= 4 is 12.4 Å². The minimum atomic E-state index is 0. The summed E-state index contributed by atoms with van der Waals surface area (Å²) < 4.78 is 0. The molecule has 0 unspecified atom stereocenters. The molecule has 24 heavy (non-hydrogen) atoms. The van der Waals surface area contributed by atoms with Crippen LogP contribution in [0, 0.1) is 0 Å². The molecule has 1 nitrogen and oxygen atoms in total. The molecule has 0 radical (unpaired) electrons. The van der Waals surface area contributed by atoms with E-state index in [0.717, 1.165) is 6.54 Å². The monoisotopic (exact) mass is 341 g/mol. The maximum absolute atomic E-state index is 2.65. The quantitative estimate of drug-likeness (QED) is 0.709. The van der Waals surface area contributed by atoms with Gasteiger partial charge >= 0.3 is 0 Å². The van der Waals surface area contributed by atoms with Crippen LogP contribution in [0.15, 0.2) is 54.6 Å². The highest BCUT2D eigenvalue weighted by Crippen LogP contribution is 2.43. The van der Waals surface area contributed by atoms with Crippen LogP contribution in [0.25, 0.3) is 0 Å². The van der Waals surface area contributed by atoms with Gasteiger partial charge in [0, 0.05) is 6.54 Å². The molecule has 128 valence electrons. The predicted octanol–water partition coefficient (Wildman–Crippen LogP) is 5.37. The Kier molecular flexibility index (Phi) is 5.63. The summed E-state index contributed by atoms with van der Waals surface area (Å²) in [5, 5.41) is 0. The molecule has 0 bridgehead atoms. The van der Waals surface area contributed by atoms with Gasteiger partial charge in [-0.15, -0.1) is 12.4 Å². The van der Waals surface area contributed by atoms with Crippen LogP contribution in [0.4, 0.5) is 0 Å². The number of fused-ring (bicyclic) bond motifs is 2. The average molecular weight is 342 g/mol. The summed E-state index contributed by atoms with van der Waals surface area (Å²) in [5.41, 5.74) is 5.21. The second kappa shape index (κ2) is 7.72. The van der Waals surface area contributed by atoms with Crippen LogP contribution in [-0.2, 0) is 18.4 Å². The fourth-order valence-electron chi connectivity index (χ4n) is 4.67. The molecule has 4 rings (SSSR count). The molecule has 2 aliphatic rings. The van der Waals surface area contributed by atoms with Gasteiger partial charge in [-0.05, 0) is 67.3 Å². The van der Waals surface area contributed by atoms with E-state index < -0.39 is 0 Å². The van der Waals surface area contributed by atoms with Gasteiger partial charge in [-0.25, -0.2) is 0 Å². The summed E-state index contributed by atoms with van der Waals surface area (Å²) in [6, 6.07) is 20.2. The Hall–Kier alpha value is -1.31. The number of halogens is 1. The zero-order valence-electron chi connectivity index (χ0n) is 14.4. The topological polar surface area (TPSA) is 3.24 Å².